The van der Waals surface area contributed by atoms with Crippen LogP contribution in [0, 0.1) is 13.8 Å². The van der Waals surface area contributed by atoms with Crippen LogP contribution in [0.4, 0.5) is 0 Å². The molecule has 1 N–H and O–H groups in total. The maximum Gasteiger partial charge on any atom is 0.235 e. The van der Waals surface area contributed by atoms with Crippen LogP contribution < -0.4 is 10.1 Å². The van der Waals surface area contributed by atoms with Crippen molar-refractivity contribution in [2.75, 3.05) is 26.0 Å². The predicted octanol–water partition coefficient (Wildman–Crippen LogP) is 2.91. The number of hydrogen-bond acceptors (Lipinski definition) is 4. The van der Waals surface area contributed by atoms with E-state index in [1.807, 2.05) is 32.0 Å². The Hall–Kier alpha value is -2.09. The minimum Gasteiger partial charge on any atom is -0.491 e. The van der Waals surface area contributed by atoms with Crippen molar-refractivity contribution in [2.24, 2.45) is 0 Å². The van der Waals surface area contributed by atoms with E-state index in [4.69, 9.17) is 16.3 Å². The third-order valence-corrected chi connectivity index (χ3v) is 5.90. The highest BCUT2D eigenvalue weighted by molar-refractivity contribution is 7.88. The van der Waals surface area contributed by atoms with Gasteiger partial charge in [0.25, 0.3) is 0 Å². The molecule has 6 nitrogen and oxygen atoms in total. The van der Waals surface area contributed by atoms with E-state index in [-0.39, 0.29) is 19.6 Å². The average Bonchev–Trinajstić information content (AvgIpc) is 2.62. The fourth-order valence-electron chi connectivity index (χ4n) is 2.56. The highest BCUT2D eigenvalue weighted by Gasteiger charge is 2.21. The number of halogens is 1. The molecule has 0 spiro atoms. The van der Waals surface area contributed by atoms with Gasteiger partial charge in [-0.2, -0.15) is 4.31 Å². The lowest BCUT2D eigenvalue weighted by Gasteiger charge is -2.20. The van der Waals surface area contributed by atoms with Gasteiger partial charge in [0.15, 0.2) is 0 Å². The highest BCUT2D eigenvalue weighted by atomic mass is 35.5. The Bertz CT molecular complexity index is 932. The van der Waals surface area contributed by atoms with Crippen LogP contribution in [-0.2, 0) is 21.4 Å². The monoisotopic (exact) mass is 424 g/mol. The van der Waals surface area contributed by atoms with Gasteiger partial charge in [-0.15, -0.1) is 0 Å². The van der Waals surface area contributed by atoms with Crippen molar-refractivity contribution in [3.63, 3.8) is 0 Å². The van der Waals surface area contributed by atoms with E-state index in [0.717, 1.165) is 27.4 Å². The van der Waals surface area contributed by atoms with Crippen LogP contribution in [-0.4, -0.2) is 44.6 Å². The minimum atomic E-state index is -3.58. The van der Waals surface area contributed by atoms with Crippen molar-refractivity contribution < 1.29 is 17.9 Å². The molecule has 0 unspecified atom stereocenters. The molecule has 0 aliphatic rings. The number of nitrogens with one attached hydrogen (secondary N) is 1. The number of carbonyl (C=O) groups is 1. The number of benzene rings is 2. The van der Waals surface area contributed by atoms with Gasteiger partial charge >= 0.3 is 0 Å². The van der Waals surface area contributed by atoms with Gasteiger partial charge in [0.1, 0.15) is 12.4 Å². The number of rotatable bonds is 9. The molecule has 2 rings (SSSR count). The van der Waals surface area contributed by atoms with Crippen LogP contribution in [0.25, 0.3) is 0 Å². The van der Waals surface area contributed by atoms with Crippen molar-refractivity contribution in [3.05, 3.63) is 64.2 Å². The van der Waals surface area contributed by atoms with Gasteiger partial charge in [0, 0.05) is 11.6 Å². The van der Waals surface area contributed by atoms with Crippen LogP contribution in [0.15, 0.2) is 42.5 Å². The Labute approximate surface area is 171 Å². The van der Waals surface area contributed by atoms with Crippen molar-refractivity contribution in [1.29, 1.82) is 0 Å². The van der Waals surface area contributed by atoms with E-state index in [2.05, 4.69) is 5.32 Å². The standard InChI is InChI=1S/C20H25ClN2O4S/c1-15-7-6-10-19(16(15)2)27-12-11-22-20(24)14-23(28(3,25)26)13-17-8-4-5-9-18(17)21/h4-10H,11-14H2,1-3H3,(H,22,24). The Morgan fingerprint density at radius 3 is 2.54 bits per heavy atom. The van der Waals surface area contributed by atoms with Crippen molar-refractivity contribution in [1.82, 2.24) is 9.62 Å². The lowest BCUT2D eigenvalue weighted by atomic mass is 10.1. The summed E-state index contributed by atoms with van der Waals surface area (Å²) in [5.41, 5.74) is 2.82. The van der Waals surface area contributed by atoms with Crippen molar-refractivity contribution in [3.8, 4) is 5.75 Å². The Morgan fingerprint density at radius 1 is 1.14 bits per heavy atom. The van der Waals surface area contributed by atoms with E-state index >= 15 is 0 Å². The van der Waals surface area contributed by atoms with Crippen LogP contribution in [0.5, 0.6) is 5.75 Å². The van der Waals surface area contributed by atoms with Gasteiger partial charge < -0.3 is 10.1 Å². The second-order valence-electron chi connectivity index (χ2n) is 6.52. The summed E-state index contributed by atoms with van der Waals surface area (Å²) in [6.07, 6.45) is 1.07. The lowest BCUT2D eigenvalue weighted by molar-refractivity contribution is -0.121. The van der Waals surface area contributed by atoms with Gasteiger partial charge in [-0.25, -0.2) is 8.42 Å². The molecule has 2 aromatic rings. The summed E-state index contributed by atoms with van der Waals surface area (Å²) < 4.78 is 30.9. The molecule has 0 bridgehead atoms. The molecular formula is C20H25ClN2O4S. The third kappa shape index (κ3) is 6.51. The first kappa shape index (κ1) is 22.2. The normalized spacial score (nSPS) is 11.5. The molecular weight excluding hydrogens is 400 g/mol. The number of sulfonamides is 1. The van der Waals surface area contributed by atoms with E-state index < -0.39 is 15.9 Å². The molecule has 1 amide bonds. The largest absolute Gasteiger partial charge is 0.491 e. The van der Waals surface area contributed by atoms with Crippen LogP contribution in [0.2, 0.25) is 5.02 Å². The number of aryl methyl sites for hydroxylation is 1. The molecule has 0 saturated carbocycles. The first-order chi connectivity index (χ1) is 13.2. The second kappa shape index (κ2) is 9.91. The zero-order chi connectivity index (χ0) is 20.7. The number of hydrogen-bond donors (Lipinski definition) is 1. The molecule has 152 valence electrons. The van der Waals surface area contributed by atoms with E-state index in [0.29, 0.717) is 17.2 Å². The Balaban J connectivity index is 1.88. The number of carbonyl (C=O) groups excluding carboxylic acids is 1. The Kier molecular flexibility index (Phi) is 7.86. The van der Waals surface area contributed by atoms with Gasteiger partial charge in [-0.1, -0.05) is 41.9 Å². The molecule has 0 saturated heterocycles. The average molecular weight is 425 g/mol. The van der Waals surface area contributed by atoms with Crippen LogP contribution in [0.1, 0.15) is 16.7 Å². The summed E-state index contributed by atoms with van der Waals surface area (Å²) in [6, 6.07) is 12.7. The zero-order valence-electron chi connectivity index (χ0n) is 16.2. The fourth-order valence-corrected chi connectivity index (χ4v) is 3.48. The molecule has 0 heterocycles. The molecule has 0 aliphatic carbocycles. The lowest BCUT2D eigenvalue weighted by Crippen LogP contribution is -2.41. The highest BCUT2D eigenvalue weighted by Crippen LogP contribution is 2.20. The van der Waals surface area contributed by atoms with Crippen molar-refractivity contribution >= 4 is 27.5 Å². The molecule has 0 aromatic heterocycles. The van der Waals surface area contributed by atoms with Crippen LogP contribution >= 0.6 is 11.6 Å². The van der Waals surface area contributed by atoms with Crippen molar-refractivity contribution in [2.45, 2.75) is 20.4 Å². The molecule has 2 aromatic carbocycles. The quantitative estimate of drug-likeness (QED) is 0.628. The van der Waals surface area contributed by atoms with E-state index in [1.165, 1.54) is 0 Å². The van der Waals surface area contributed by atoms with Crippen LogP contribution in [0.3, 0.4) is 0 Å². The maximum atomic E-state index is 12.2. The first-order valence-electron chi connectivity index (χ1n) is 8.82. The Morgan fingerprint density at radius 2 is 1.86 bits per heavy atom. The molecule has 8 heteroatoms. The summed E-state index contributed by atoms with van der Waals surface area (Å²) in [7, 11) is -3.58. The fraction of sp³-hybridized carbons (Fsp3) is 0.350. The summed E-state index contributed by atoms with van der Waals surface area (Å²) in [6.45, 7) is 4.29. The maximum absolute atomic E-state index is 12.2. The molecule has 0 radical (unpaired) electrons. The summed E-state index contributed by atoms with van der Waals surface area (Å²) in [4.78, 5) is 12.2. The molecule has 0 aliphatic heterocycles. The molecule has 28 heavy (non-hydrogen) atoms. The van der Waals surface area contributed by atoms with E-state index in [9.17, 15) is 13.2 Å². The third-order valence-electron chi connectivity index (χ3n) is 4.33. The zero-order valence-corrected chi connectivity index (χ0v) is 17.8. The number of ether oxygens (including phenoxy) is 1. The summed E-state index contributed by atoms with van der Waals surface area (Å²) in [5.74, 6) is 0.368. The van der Waals surface area contributed by atoms with Gasteiger partial charge in [-0.05, 0) is 42.7 Å². The smallest absolute Gasteiger partial charge is 0.235 e. The summed E-state index contributed by atoms with van der Waals surface area (Å²) >= 11 is 6.10. The van der Waals surface area contributed by atoms with Gasteiger partial charge in [0.2, 0.25) is 15.9 Å². The second-order valence-corrected chi connectivity index (χ2v) is 8.91. The molecule has 0 fully saturated rings. The molecule has 0 atom stereocenters. The van der Waals surface area contributed by atoms with Gasteiger partial charge in [-0.3, -0.25) is 4.79 Å². The van der Waals surface area contributed by atoms with Gasteiger partial charge in [0.05, 0.1) is 19.3 Å². The van der Waals surface area contributed by atoms with E-state index in [1.54, 1.807) is 24.3 Å². The minimum absolute atomic E-state index is 0.0327. The summed E-state index contributed by atoms with van der Waals surface area (Å²) in [5, 5.41) is 3.14. The predicted molar refractivity (Wildman–Crippen MR) is 111 cm³/mol. The first-order valence-corrected chi connectivity index (χ1v) is 11.1. The topological polar surface area (TPSA) is 75.7 Å². The number of nitrogens with zero attached hydrogens (tertiary/aromatic N) is 1. The number of amides is 1. The SMILES string of the molecule is Cc1cccc(OCCNC(=O)CN(Cc2ccccc2Cl)S(C)(=O)=O)c1C.